The third-order valence-electron chi connectivity index (χ3n) is 1.10. The first-order chi connectivity index (χ1) is 5.65. The van der Waals surface area contributed by atoms with Crippen LogP contribution in [-0.4, -0.2) is 28.2 Å². The van der Waals surface area contributed by atoms with Crippen LogP contribution in [0.4, 0.5) is 4.39 Å². The second-order valence-corrected chi connectivity index (χ2v) is 1.86. The summed E-state index contributed by atoms with van der Waals surface area (Å²) in [5.74, 6) is -2.53. The van der Waals surface area contributed by atoms with Crippen molar-refractivity contribution in [2.45, 2.75) is 0 Å². The summed E-state index contributed by atoms with van der Waals surface area (Å²) >= 11 is 0. The van der Waals surface area contributed by atoms with Crippen molar-refractivity contribution in [1.29, 1.82) is 0 Å². The predicted octanol–water partition coefficient (Wildman–Crippen LogP) is 0.108. The Bertz CT molecular complexity index is 316. The van der Waals surface area contributed by atoms with Crippen molar-refractivity contribution in [3.63, 3.8) is 0 Å². The van der Waals surface area contributed by atoms with Gasteiger partial charge in [0.1, 0.15) is 0 Å². The molecule has 1 rings (SSSR count). The van der Waals surface area contributed by atoms with E-state index in [4.69, 9.17) is 5.11 Å². The molecular weight excluding hydrogens is 167 g/mol. The first-order valence-electron chi connectivity index (χ1n) is 2.95. The SMILES string of the molecule is COC(=O)c1nc(F)cnc1O. The third-order valence-corrected chi connectivity index (χ3v) is 1.10. The number of nitrogens with zero attached hydrogens (tertiary/aromatic N) is 2. The van der Waals surface area contributed by atoms with E-state index in [2.05, 4.69) is 14.7 Å². The molecule has 1 N–H and O–H groups in total. The van der Waals surface area contributed by atoms with Crippen LogP contribution < -0.4 is 0 Å². The highest BCUT2D eigenvalue weighted by atomic mass is 19.1. The van der Waals surface area contributed by atoms with Crippen molar-refractivity contribution in [1.82, 2.24) is 9.97 Å². The molecule has 0 fully saturated rings. The number of esters is 1. The maximum atomic E-state index is 12.4. The van der Waals surface area contributed by atoms with Crippen molar-refractivity contribution in [2.75, 3.05) is 7.11 Å². The molecule has 0 radical (unpaired) electrons. The van der Waals surface area contributed by atoms with Crippen molar-refractivity contribution in [3.8, 4) is 5.88 Å². The first-order valence-corrected chi connectivity index (χ1v) is 2.95. The number of hydrogen-bond acceptors (Lipinski definition) is 5. The molecule has 0 saturated heterocycles. The van der Waals surface area contributed by atoms with Crippen LogP contribution in [0.25, 0.3) is 0 Å². The second kappa shape index (κ2) is 3.12. The molecule has 12 heavy (non-hydrogen) atoms. The molecule has 0 spiro atoms. The number of carbonyl (C=O) groups is 1. The number of halogens is 1. The second-order valence-electron chi connectivity index (χ2n) is 1.86. The Labute approximate surface area is 66.8 Å². The van der Waals surface area contributed by atoms with E-state index in [0.29, 0.717) is 6.20 Å². The lowest BCUT2D eigenvalue weighted by molar-refractivity contribution is 0.0587. The summed E-state index contributed by atoms with van der Waals surface area (Å²) in [5, 5.41) is 8.90. The minimum Gasteiger partial charge on any atom is -0.492 e. The number of aromatic hydroxyl groups is 1. The van der Waals surface area contributed by atoms with Crippen LogP contribution in [0, 0.1) is 5.95 Å². The maximum Gasteiger partial charge on any atom is 0.362 e. The van der Waals surface area contributed by atoms with Crippen molar-refractivity contribution in [2.24, 2.45) is 0 Å². The lowest BCUT2D eigenvalue weighted by Crippen LogP contribution is -2.06. The highest BCUT2D eigenvalue weighted by Crippen LogP contribution is 2.10. The molecule has 0 unspecified atom stereocenters. The van der Waals surface area contributed by atoms with Crippen LogP contribution in [0.2, 0.25) is 0 Å². The Kier molecular flexibility index (Phi) is 2.18. The quantitative estimate of drug-likeness (QED) is 0.608. The van der Waals surface area contributed by atoms with Crippen LogP contribution in [0.5, 0.6) is 5.88 Å². The van der Waals surface area contributed by atoms with Gasteiger partial charge in [0.05, 0.1) is 13.3 Å². The molecule has 0 aliphatic rings. The van der Waals surface area contributed by atoms with Crippen LogP contribution in [0.1, 0.15) is 10.5 Å². The zero-order valence-electron chi connectivity index (χ0n) is 6.11. The largest absolute Gasteiger partial charge is 0.492 e. The fourth-order valence-corrected chi connectivity index (χ4v) is 0.595. The molecule has 1 heterocycles. The normalized spacial score (nSPS) is 9.50. The van der Waals surface area contributed by atoms with E-state index >= 15 is 0 Å². The Morgan fingerprint density at radius 2 is 2.42 bits per heavy atom. The van der Waals surface area contributed by atoms with E-state index in [1.54, 1.807) is 0 Å². The Morgan fingerprint density at radius 3 is 3.00 bits per heavy atom. The summed E-state index contributed by atoms with van der Waals surface area (Å²) in [6, 6.07) is 0. The average molecular weight is 172 g/mol. The Balaban J connectivity index is 3.13. The van der Waals surface area contributed by atoms with E-state index in [0.717, 1.165) is 7.11 Å². The van der Waals surface area contributed by atoms with Crippen LogP contribution >= 0.6 is 0 Å². The van der Waals surface area contributed by atoms with Gasteiger partial charge < -0.3 is 9.84 Å². The first kappa shape index (κ1) is 8.38. The summed E-state index contributed by atoms with van der Waals surface area (Å²) in [4.78, 5) is 17.0. The minimum absolute atomic E-state index is 0.530. The minimum atomic E-state index is -0.951. The number of methoxy groups -OCH3 is 1. The molecule has 64 valence electrons. The zero-order chi connectivity index (χ0) is 9.14. The molecule has 1 aromatic heterocycles. The molecule has 0 bridgehead atoms. The fraction of sp³-hybridized carbons (Fsp3) is 0.167. The molecule has 0 aromatic carbocycles. The number of ether oxygens (including phenoxy) is 1. The number of rotatable bonds is 1. The molecule has 0 amide bonds. The Hall–Kier alpha value is -1.72. The summed E-state index contributed by atoms with van der Waals surface area (Å²) in [6.07, 6.45) is 0.696. The molecule has 0 saturated carbocycles. The van der Waals surface area contributed by atoms with Gasteiger partial charge in [0.15, 0.2) is 0 Å². The van der Waals surface area contributed by atoms with Gasteiger partial charge in [-0.15, -0.1) is 0 Å². The topological polar surface area (TPSA) is 72.3 Å². The van der Waals surface area contributed by atoms with Gasteiger partial charge in [0, 0.05) is 0 Å². The molecule has 5 nitrogen and oxygen atoms in total. The van der Waals surface area contributed by atoms with Crippen molar-refractivity contribution < 1.29 is 19.0 Å². The lowest BCUT2D eigenvalue weighted by Gasteiger charge is -1.98. The van der Waals surface area contributed by atoms with E-state index in [-0.39, 0.29) is 0 Å². The summed E-state index contributed by atoms with van der Waals surface area (Å²) in [5.41, 5.74) is -0.530. The van der Waals surface area contributed by atoms with Crippen LogP contribution in [-0.2, 0) is 4.74 Å². The van der Waals surface area contributed by atoms with Gasteiger partial charge in [-0.25, -0.2) is 14.8 Å². The van der Waals surface area contributed by atoms with Gasteiger partial charge in [0.2, 0.25) is 17.5 Å². The number of aromatic nitrogens is 2. The highest BCUT2D eigenvalue weighted by molar-refractivity contribution is 5.89. The van der Waals surface area contributed by atoms with E-state index in [1.807, 2.05) is 0 Å². The summed E-state index contributed by atoms with van der Waals surface area (Å²) in [6.45, 7) is 0. The summed E-state index contributed by atoms with van der Waals surface area (Å²) in [7, 11) is 1.09. The molecule has 1 aromatic rings. The van der Waals surface area contributed by atoms with Gasteiger partial charge in [0.25, 0.3) is 0 Å². The van der Waals surface area contributed by atoms with Crippen LogP contribution in [0.3, 0.4) is 0 Å². The average Bonchev–Trinajstić information content (AvgIpc) is 2.08. The van der Waals surface area contributed by atoms with Crippen molar-refractivity contribution >= 4 is 5.97 Å². The molecular formula is C6H5FN2O3. The van der Waals surface area contributed by atoms with Gasteiger partial charge in [-0.1, -0.05) is 0 Å². The molecule has 0 aliphatic carbocycles. The smallest absolute Gasteiger partial charge is 0.362 e. The molecule has 6 heteroatoms. The van der Waals surface area contributed by atoms with Crippen molar-refractivity contribution in [3.05, 3.63) is 17.8 Å². The number of carbonyl (C=O) groups excluding carboxylic acids is 1. The standard InChI is InChI=1S/C6H5FN2O3/c1-12-6(11)4-5(10)8-2-3(7)9-4/h2H,1H3,(H,8,10). The van der Waals surface area contributed by atoms with Gasteiger partial charge in [-0.3, -0.25) is 0 Å². The van der Waals surface area contributed by atoms with Gasteiger partial charge >= 0.3 is 5.97 Å². The van der Waals surface area contributed by atoms with E-state index in [1.165, 1.54) is 0 Å². The molecule has 0 atom stereocenters. The van der Waals surface area contributed by atoms with E-state index < -0.39 is 23.5 Å². The predicted molar refractivity (Wildman–Crippen MR) is 35.0 cm³/mol. The third kappa shape index (κ3) is 1.47. The highest BCUT2D eigenvalue weighted by Gasteiger charge is 2.15. The van der Waals surface area contributed by atoms with Crippen LogP contribution in [0.15, 0.2) is 6.20 Å². The number of hydrogen-bond donors (Lipinski definition) is 1. The fourth-order valence-electron chi connectivity index (χ4n) is 0.595. The van der Waals surface area contributed by atoms with Gasteiger partial charge in [-0.2, -0.15) is 4.39 Å². The molecule has 0 aliphatic heterocycles. The van der Waals surface area contributed by atoms with E-state index in [9.17, 15) is 9.18 Å². The monoisotopic (exact) mass is 172 g/mol. The maximum absolute atomic E-state index is 12.4. The van der Waals surface area contributed by atoms with Gasteiger partial charge in [-0.05, 0) is 0 Å². The summed E-state index contributed by atoms with van der Waals surface area (Å²) < 4.78 is 16.6. The zero-order valence-corrected chi connectivity index (χ0v) is 6.11. The lowest BCUT2D eigenvalue weighted by atomic mass is 10.4. The Morgan fingerprint density at radius 1 is 1.75 bits per heavy atom.